The molecule has 1 atom stereocenters. The van der Waals surface area contributed by atoms with E-state index >= 15 is 0 Å². The highest BCUT2D eigenvalue weighted by molar-refractivity contribution is 5.87. The zero-order chi connectivity index (χ0) is 20.4. The summed E-state index contributed by atoms with van der Waals surface area (Å²) < 4.78 is 5.26. The summed E-state index contributed by atoms with van der Waals surface area (Å²) in [4.78, 5) is 48.3. The van der Waals surface area contributed by atoms with Crippen molar-refractivity contribution < 1.29 is 29.2 Å². The second-order valence-corrected chi connectivity index (χ2v) is 7.09. The molecule has 1 aromatic rings. The number of carboxylic acids is 1. The molecular formula is C17H21N3O7. The summed E-state index contributed by atoms with van der Waals surface area (Å²) in [5, 5.41) is 20.4. The molecule has 0 aromatic heterocycles. The first-order chi connectivity index (χ1) is 12.5. The number of carbonyl (C=O) groups is 3. The fourth-order valence-electron chi connectivity index (χ4n) is 2.79. The number of piperazine rings is 1. The van der Waals surface area contributed by atoms with Gasteiger partial charge < -0.3 is 14.7 Å². The average Bonchev–Trinajstić information content (AvgIpc) is 2.59. The normalized spacial score (nSPS) is 17.4. The Morgan fingerprint density at radius 2 is 2.00 bits per heavy atom. The van der Waals surface area contributed by atoms with Crippen molar-refractivity contribution in [3.05, 3.63) is 33.9 Å². The Balaban J connectivity index is 2.26. The van der Waals surface area contributed by atoms with Crippen LogP contribution in [0.25, 0.3) is 0 Å². The van der Waals surface area contributed by atoms with Crippen molar-refractivity contribution >= 4 is 29.7 Å². The maximum absolute atomic E-state index is 12.3. The highest BCUT2D eigenvalue weighted by Crippen LogP contribution is 2.27. The van der Waals surface area contributed by atoms with Crippen LogP contribution in [0.2, 0.25) is 0 Å². The second kappa shape index (κ2) is 7.60. The Labute approximate surface area is 155 Å². The van der Waals surface area contributed by atoms with Gasteiger partial charge in [0.15, 0.2) is 6.29 Å². The van der Waals surface area contributed by atoms with Crippen molar-refractivity contribution in [3.63, 3.8) is 0 Å². The second-order valence-electron chi connectivity index (χ2n) is 7.09. The van der Waals surface area contributed by atoms with Crippen molar-refractivity contribution in [2.24, 2.45) is 0 Å². The summed E-state index contributed by atoms with van der Waals surface area (Å²) in [6, 6.07) is 2.61. The lowest BCUT2D eigenvalue weighted by Gasteiger charge is -2.40. The van der Waals surface area contributed by atoms with Gasteiger partial charge in [-0.05, 0) is 26.8 Å². The fourth-order valence-corrected chi connectivity index (χ4v) is 2.79. The van der Waals surface area contributed by atoms with E-state index in [2.05, 4.69) is 0 Å². The topological polar surface area (TPSA) is 130 Å². The molecule has 1 saturated heterocycles. The molecule has 0 spiro atoms. The van der Waals surface area contributed by atoms with Crippen LogP contribution in [0, 0.1) is 10.1 Å². The molecule has 2 rings (SSSR count). The lowest BCUT2D eigenvalue weighted by Crippen LogP contribution is -2.59. The van der Waals surface area contributed by atoms with E-state index in [1.807, 2.05) is 0 Å². The molecule has 0 aliphatic carbocycles. The maximum Gasteiger partial charge on any atom is 0.411 e. The van der Waals surface area contributed by atoms with Crippen molar-refractivity contribution in [1.82, 2.24) is 4.90 Å². The number of ether oxygens (including phenoxy) is 1. The molecule has 1 aromatic carbocycles. The smallest absolute Gasteiger partial charge is 0.411 e. The van der Waals surface area contributed by atoms with E-state index in [4.69, 9.17) is 4.74 Å². The van der Waals surface area contributed by atoms with Crippen molar-refractivity contribution in [1.29, 1.82) is 0 Å². The molecule has 27 heavy (non-hydrogen) atoms. The lowest BCUT2D eigenvalue weighted by molar-refractivity contribution is -0.384. The summed E-state index contributed by atoms with van der Waals surface area (Å²) in [5.74, 6) is -1.21. The predicted octanol–water partition coefficient (Wildman–Crippen LogP) is 1.92. The number of amides is 1. The van der Waals surface area contributed by atoms with Crippen molar-refractivity contribution in [3.8, 4) is 0 Å². The van der Waals surface area contributed by atoms with Crippen LogP contribution in [0.15, 0.2) is 18.2 Å². The Bertz CT molecular complexity index is 772. The van der Waals surface area contributed by atoms with E-state index < -0.39 is 28.6 Å². The molecule has 10 nitrogen and oxygen atoms in total. The van der Waals surface area contributed by atoms with Gasteiger partial charge in [-0.15, -0.1) is 0 Å². The Morgan fingerprint density at radius 1 is 1.33 bits per heavy atom. The van der Waals surface area contributed by atoms with Crippen LogP contribution in [-0.2, 0) is 9.53 Å². The molecule has 1 amide bonds. The van der Waals surface area contributed by atoms with Gasteiger partial charge in [-0.2, -0.15) is 0 Å². The molecule has 1 heterocycles. The van der Waals surface area contributed by atoms with Crippen LogP contribution in [0.5, 0.6) is 0 Å². The summed E-state index contributed by atoms with van der Waals surface area (Å²) in [7, 11) is 0. The van der Waals surface area contributed by atoms with Gasteiger partial charge in [0.05, 0.1) is 4.92 Å². The highest BCUT2D eigenvalue weighted by Gasteiger charge is 2.38. The quantitative estimate of drug-likeness (QED) is 0.477. The van der Waals surface area contributed by atoms with Gasteiger partial charge in [-0.25, -0.2) is 9.59 Å². The third-order valence-corrected chi connectivity index (χ3v) is 3.98. The van der Waals surface area contributed by atoms with Crippen LogP contribution in [0.1, 0.15) is 31.1 Å². The van der Waals surface area contributed by atoms with Gasteiger partial charge in [0.1, 0.15) is 11.6 Å². The molecule has 10 heteroatoms. The number of nitrogens with zero attached hydrogens (tertiary/aromatic N) is 3. The molecule has 0 radical (unpaired) electrons. The Hall–Kier alpha value is -3.17. The number of non-ortho nitro benzene ring substituents is 1. The van der Waals surface area contributed by atoms with Gasteiger partial charge in [0, 0.05) is 43.0 Å². The third kappa shape index (κ3) is 4.72. The zero-order valence-electron chi connectivity index (χ0n) is 15.2. The molecule has 1 fully saturated rings. The fraction of sp³-hybridized carbons (Fsp3) is 0.471. The van der Waals surface area contributed by atoms with Crippen LogP contribution in [0.3, 0.4) is 0 Å². The molecule has 1 aliphatic rings. The van der Waals surface area contributed by atoms with E-state index in [9.17, 15) is 29.6 Å². The summed E-state index contributed by atoms with van der Waals surface area (Å²) in [6.07, 6.45) is -0.243. The molecular weight excluding hydrogens is 358 g/mol. The van der Waals surface area contributed by atoms with E-state index in [0.717, 1.165) is 11.0 Å². The minimum Gasteiger partial charge on any atom is -0.480 e. The number of nitro benzene ring substituents is 1. The average molecular weight is 379 g/mol. The van der Waals surface area contributed by atoms with E-state index in [1.54, 1.807) is 25.7 Å². The Kier molecular flexibility index (Phi) is 5.67. The van der Waals surface area contributed by atoms with Crippen LogP contribution in [-0.4, -0.2) is 64.6 Å². The molecule has 1 N–H and O–H groups in total. The molecule has 0 bridgehead atoms. The first-order valence-electron chi connectivity index (χ1n) is 8.24. The zero-order valence-corrected chi connectivity index (χ0v) is 15.2. The van der Waals surface area contributed by atoms with Crippen molar-refractivity contribution in [2.75, 3.05) is 24.5 Å². The van der Waals surface area contributed by atoms with E-state index in [1.165, 1.54) is 12.1 Å². The van der Waals surface area contributed by atoms with Crippen LogP contribution < -0.4 is 4.90 Å². The number of nitro groups is 1. The van der Waals surface area contributed by atoms with Gasteiger partial charge in [0.2, 0.25) is 0 Å². The van der Waals surface area contributed by atoms with Gasteiger partial charge >= 0.3 is 12.1 Å². The number of hydrogen-bond acceptors (Lipinski definition) is 7. The van der Waals surface area contributed by atoms with E-state index in [-0.39, 0.29) is 30.9 Å². The number of anilines is 1. The number of aliphatic carboxylic acids is 1. The monoisotopic (exact) mass is 379 g/mol. The standard InChI is InChI=1S/C17H21N3O7/c1-17(2,3)27-16(24)19-7-6-18(9-14(19)15(22)23)13-5-4-12(20(25)26)8-11(13)10-21/h4-5,8,10,14H,6-7,9H2,1-3H3,(H,22,23)/t14-/m0/s1. The minimum atomic E-state index is -1.21. The van der Waals surface area contributed by atoms with Crippen molar-refractivity contribution in [2.45, 2.75) is 32.4 Å². The molecule has 1 aliphatic heterocycles. The summed E-state index contributed by atoms with van der Waals surface area (Å²) in [6.45, 7) is 5.30. The number of carboxylic acid groups (broad SMARTS) is 1. The molecule has 146 valence electrons. The number of rotatable bonds is 4. The molecule has 0 saturated carbocycles. The third-order valence-electron chi connectivity index (χ3n) is 3.98. The van der Waals surface area contributed by atoms with Gasteiger partial charge in [0.25, 0.3) is 5.69 Å². The predicted molar refractivity (Wildman–Crippen MR) is 95.1 cm³/mol. The number of hydrogen-bond donors (Lipinski definition) is 1. The number of carbonyl (C=O) groups excluding carboxylic acids is 2. The summed E-state index contributed by atoms with van der Waals surface area (Å²) in [5.41, 5.74) is -0.534. The first kappa shape index (κ1) is 20.1. The first-order valence-corrected chi connectivity index (χ1v) is 8.24. The van der Waals surface area contributed by atoms with Gasteiger partial charge in [-0.1, -0.05) is 0 Å². The number of benzene rings is 1. The van der Waals surface area contributed by atoms with Crippen LogP contribution in [0.4, 0.5) is 16.2 Å². The minimum absolute atomic E-state index is 0.0706. The Morgan fingerprint density at radius 3 is 2.52 bits per heavy atom. The van der Waals surface area contributed by atoms with E-state index in [0.29, 0.717) is 12.0 Å². The lowest BCUT2D eigenvalue weighted by atomic mass is 10.1. The number of aldehydes is 1. The van der Waals surface area contributed by atoms with Gasteiger partial charge in [-0.3, -0.25) is 19.8 Å². The SMILES string of the molecule is CC(C)(C)OC(=O)N1CCN(c2ccc([N+](=O)[O-])cc2C=O)C[C@H]1C(=O)O. The largest absolute Gasteiger partial charge is 0.480 e. The maximum atomic E-state index is 12.3. The molecule has 0 unspecified atom stereocenters. The van der Waals surface area contributed by atoms with Crippen LogP contribution >= 0.6 is 0 Å². The highest BCUT2D eigenvalue weighted by atomic mass is 16.6. The summed E-state index contributed by atoms with van der Waals surface area (Å²) >= 11 is 0.